The third-order valence-electron chi connectivity index (χ3n) is 6.35. The number of amides is 1. The van der Waals surface area contributed by atoms with Crippen LogP contribution in [0.5, 0.6) is 5.75 Å². The van der Waals surface area contributed by atoms with Gasteiger partial charge >= 0.3 is 13.1 Å². The third kappa shape index (κ3) is 6.95. The van der Waals surface area contributed by atoms with Crippen molar-refractivity contribution in [2.24, 2.45) is 11.8 Å². The fourth-order valence-electron chi connectivity index (χ4n) is 4.77. The number of nitrogens with one attached hydrogen (secondary N) is 3. The van der Waals surface area contributed by atoms with Gasteiger partial charge in [0.1, 0.15) is 5.75 Å². The van der Waals surface area contributed by atoms with Gasteiger partial charge in [-0.25, -0.2) is 4.79 Å². The average molecular weight is 445 g/mol. The lowest BCUT2D eigenvalue weighted by Gasteiger charge is -2.31. The Balaban J connectivity index is 1.45. The van der Waals surface area contributed by atoms with Crippen molar-refractivity contribution >= 4 is 19.0 Å². The standard InChI is InChI=1S/C23H36BN3O5/c1-15(2)26-10-9-25-14-17-6-3-5-16(11-17)12-21(28)27-20-13-18-7-4-8-19(23(29)30)22(18)32-24(20)31/h4,7-8,15-17,20,25-26,31H,3,5-6,9-14H2,1-2H3,(H,27,28)(H,29,30)/t16?,17?,20-/m0/s1. The minimum Gasteiger partial charge on any atom is -0.534 e. The third-order valence-corrected chi connectivity index (χ3v) is 6.35. The first-order valence-electron chi connectivity index (χ1n) is 11.8. The van der Waals surface area contributed by atoms with E-state index in [1.807, 2.05) is 0 Å². The molecule has 2 aliphatic rings. The van der Waals surface area contributed by atoms with E-state index in [-0.39, 0.29) is 17.2 Å². The topological polar surface area (TPSA) is 120 Å². The van der Waals surface area contributed by atoms with E-state index in [2.05, 4.69) is 29.8 Å². The molecule has 176 valence electrons. The van der Waals surface area contributed by atoms with E-state index >= 15 is 0 Å². The predicted octanol–water partition coefficient (Wildman–Crippen LogP) is 1.61. The molecule has 1 aromatic rings. The number of carbonyl (C=O) groups excluding carboxylic acids is 1. The Morgan fingerprint density at radius 3 is 2.75 bits per heavy atom. The highest BCUT2D eigenvalue weighted by Gasteiger charge is 2.38. The smallest absolute Gasteiger partial charge is 0.534 e. The molecule has 3 rings (SSSR count). The number of aromatic carboxylic acids is 1. The van der Waals surface area contributed by atoms with Crippen LogP contribution in [0.15, 0.2) is 18.2 Å². The van der Waals surface area contributed by atoms with Crippen LogP contribution in [0, 0.1) is 11.8 Å². The zero-order valence-corrected chi connectivity index (χ0v) is 19.1. The van der Waals surface area contributed by atoms with Gasteiger partial charge < -0.3 is 30.7 Å². The Hall–Kier alpha value is -2.10. The molecule has 1 amide bonds. The Morgan fingerprint density at radius 1 is 1.22 bits per heavy atom. The number of carboxylic acids is 1. The molecular weight excluding hydrogens is 409 g/mol. The van der Waals surface area contributed by atoms with E-state index in [4.69, 9.17) is 4.65 Å². The molecule has 1 aliphatic carbocycles. The Bertz CT molecular complexity index is 791. The molecule has 1 aromatic carbocycles. The summed E-state index contributed by atoms with van der Waals surface area (Å²) in [6, 6.07) is 5.36. The second-order valence-electron chi connectivity index (χ2n) is 9.40. The molecule has 8 nitrogen and oxygen atoms in total. The minimum absolute atomic E-state index is 0.0215. The van der Waals surface area contributed by atoms with Crippen LogP contribution in [-0.2, 0) is 11.2 Å². The zero-order valence-electron chi connectivity index (χ0n) is 19.1. The largest absolute Gasteiger partial charge is 0.547 e. The van der Waals surface area contributed by atoms with Crippen LogP contribution in [0.3, 0.4) is 0 Å². The highest BCUT2D eigenvalue weighted by Crippen LogP contribution is 2.32. The predicted molar refractivity (Wildman–Crippen MR) is 124 cm³/mol. The maximum Gasteiger partial charge on any atom is 0.547 e. The van der Waals surface area contributed by atoms with Crippen LogP contribution >= 0.6 is 0 Å². The lowest BCUT2D eigenvalue weighted by molar-refractivity contribution is -0.122. The van der Waals surface area contributed by atoms with E-state index in [1.54, 1.807) is 12.1 Å². The van der Waals surface area contributed by atoms with Gasteiger partial charge in [-0.2, -0.15) is 0 Å². The maximum absolute atomic E-state index is 12.7. The summed E-state index contributed by atoms with van der Waals surface area (Å²) in [5, 5.41) is 29.5. The lowest BCUT2D eigenvalue weighted by Crippen LogP contribution is -2.53. The first-order valence-corrected chi connectivity index (χ1v) is 11.8. The number of carbonyl (C=O) groups is 2. The molecule has 0 saturated heterocycles. The lowest BCUT2D eigenvalue weighted by atomic mass is 9.72. The summed E-state index contributed by atoms with van der Waals surface area (Å²) in [5.74, 6) is -0.663. The molecule has 1 fully saturated rings. The second-order valence-corrected chi connectivity index (χ2v) is 9.40. The van der Waals surface area contributed by atoms with Gasteiger partial charge in [-0.3, -0.25) is 4.79 Å². The number of fused-ring (bicyclic) bond motifs is 1. The normalized spacial score (nSPS) is 22.9. The van der Waals surface area contributed by atoms with Gasteiger partial charge in [-0.1, -0.05) is 32.4 Å². The van der Waals surface area contributed by atoms with Crippen molar-refractivity contribution in [2.75, 3.05) is 19.6 Å². The van der Waals surface area contributed by atoms with Gasteiger partial charge in [-0.05, 0) is 55.7 Å². The van der Waals surface area contributed by atoms with Crippen LogP contribution < -0.4 is 20.6 Å². The van der Waals surface area contributed by atoms with Gasteiger partial charge in [0.05, 0.1) is 11.5 Å². The number of rotatable bonds is 10. The number of hydrogen-bond donors (Lipinski definition) is 5. The SMILES string of the molecule is CC(C)NCCNCC1CCCC(CC(=O)N[C@H]2Cc3cccc(C(=O)O)c3OB2O)C1. The van der Waals surface area contributed by atoms with Crippen molar-refractivity contribution in [3.05, 3.63) is 29.3 Å². The van der Waals surface area contributed by atoms with Gasteiger partial charge in [0, 0.05) is 25.6 Å². The summed E-state index contributed by atoms with van der Waals surface area (Å²) >= 11 is 0. The summed E-state index contributed by atoms with van der Waals surface area (Å²) < 4.78 is 5.47. The Morgan fingerprint density at radius 2 is 2.00 bits per heavy atom. The van der Waals surface area contributed by atoms with E-state index < -0.39 is 19.0 Å². The summed E-state index contributed by atoms with van der Waals surface area (Å²) in [6.45, 7) is 7.17. The van der Waals surface area contributed by atoms with Crippen molar-refractivity contribution < 1.29 is 24.4 Å². The van der Waals surface area contributed by atoms with Gasteiger partial charge in [0.15, 0.2) is 0 Å². The van der Waals surface area contributed by atoms with Crippen LogP contribution in [0.2, 0.25) is 0 Å². The van der Waals surface area contributed by atoms with E-state index in [1.165, 1.54) is 12.5 Å². The summed E-state index contributed by atoms with van der Waals surface area (Å²) in [5.41, 5.74) is 0.699. The van der Waals surface area contributed by atoms with Crippen molar-refractivity contribution in [3.63, 3.8) is 0 Å². The quantitative estimate of drug-likeness (QED) is 0.274. The van der Waals surface area contributed by atoms with Crippen molar-refractivity contribution in [2.45, 2.75) is 64.4 Å². The molecule has 1 saturated carbocycles. The van der Waals surface area contributed by atoms with Crippen molar-refractivity contribution in [1.82, 2.24) is 16.0 Å². The Kier molecular flexibility index (Phi) is 8.96. The highest BCUT2D eigenvalue weighted by atomic mass is 16.5. The number of carboxylic acid groups (broad SMARTS) is 1. The molecule has 0 radical (unpaired) electrons. The molecule has 2 unspecified atom stereocenters. The maximum atomic E-state index is 12.7. The number of hydrogen-bond acceptors (Lipinski definition) is 6. The fraction of sp³-hybridized carbons (Fsp3) is 0.652. The van der Waals surface area contributed by atoms with Crippen LogP contribution in [0.25, 0.3) is 0 Å². The molecule has 1 heterocycles. The van der Waals surface area contributed by atoms with Crippen LogP contribution in [0.4, 0.5) is 0 Å². The highest BCUT2D eigenvalue weighted by molar-refractivity contribution is 6.47. The molecule has 0 aromatic heterocycles. The average Bonchev–Trinajstić information content (AvgIpc) is 2.73. The minimum atomic E-state index is -1.27. The van der Waals surface area contributed by atoms with E-state index in [0.29, 0.717) is 36.3 Å². The summed E-state index contributed by atoms with van der Waals surface area (Å²) in [7, 11) is -1.27. The Labute approximate surface area is 190 Å². The molecular formula is C23H36BN3O5. The molecule has 0 bridgehead atoms. The van der Waals surface area contributed by atoms with Gasteiger partial charge in [0.2, 0.25) is 5.91 Å². The first kappa shape index (κ1) is 24.5. The first-order chi connectivity index (χ1) is 15.3. The van der Waals surface area contributed by atoms with Crippen LogP contribution in [0.1, 0.15) is 61.9 Å². The van der Waals surface area contributed by atoms with Crippen LogP contribution in [-0.4, -0.2) is 60.7 Å². The molecule has 0 spiro atoms. The number of benzene rings is 1. The zero-order chi connectivity index (χ0) is 23.1. The molecule has 3 atom stereocenters. The molecule has 1 aliphatic heterocycles. The van der Waals surface area contributed by atoms with Gasteiger partial charge in [-0.15, -0.1) is 0 Å². The van der Waals surface area contributed by atoms with E-state index in [9.17, 15) is 19.7 Å². The van der Waals surface area contributed by atoms with Crippen molar-refractivity contribution in [3.8, 4) is 5.75 Å². The number of para-hydroxylation sites is 1. The summed E-state index contributed by atoms with van der Waals surface area (Å²) in [4.78, 5) is 24.1. The fourth-order valence-corrected chi connectivity index (χ4v) is 4.77. The molecule has 9 heteroatoms. The molecule has 32 heavy (non-hydrogen) atoms. The monoisotopic (exact) mass is 445 g/mol. The van der Waals surface area contributed by atoms with Crippen molar-refractivity contribution in [1.29, 1.82) is 0 Å². The van der Waals surface area contributed by atoms with Gasteiger partial charge in [0.25, 0.3) is 0 Å². The molecule has 5 N–H and O–H groups in total. The van der Waals surface area contributed by atoms with E-state index in [0.717, 1.165) is 38.9 Å². The summed E-state index contributed by atoms with van der Waals surface area (Å²) in [6.07, 6.45) is 5.19. The second kappa shape index (κ2) is 11.7.